The largest absolute Gasteiger partial charge is 0.354 e. The lowest BCUT2D eigenvalue weighted by molar-refractivity contribution is 1.32. The highest BCUT2D eigenvalue weighted by atomic mass is 79.9. The lowest BCUT2D eigenvalue weighted by Crippen LogP contribution is -1.89. The lowest BCUT2D eigenvalue weighted by atomic mass is 10.0. The molecule has 0 unspecified atom stereocenters. The minimum atomic E-state index is 0.920. The number of nitrogens with one attached hydrogen (secondary N) is 1. The molecule has 0 saturated heterocycles. The van der Waals surface area contributed by atoms with Crippen molar-refractivity contribution in [3.8, 4) is 44.5 Å². The smallest absolute Gasteiger partial charge is 0.0737 e. The minimum absolute atomic E-state index is 0.920. The molecule has 5 heteroatoms. The average Bonchev–Trinajstić information content (AvgIpc) is 3.99. The molecule has 3 aromatic heterocycles. The maximum Gasteiger partial charge on any atom is 0.0737 e. The van der Waals surface area contributed by atoms with Gasteiger partial charge in [0.05, 0.1) is 22.8 Å². The first-order valence-corrected chi connectivity index (χ1v) is 19.0. The van der Waals surface area contributed by atoms with Crippen LogP contribution in [-0.2, 0) is 0 Å². The number of aryl methyl sites for hydroxylation is 3. The van der Waals surface area contributed by atoms with E-state index in [2.05, 4.69) is 187 Å². The fraction of sp³-hybridized carbons (Fsp3) is 0.0638. The van der Waals surface area contributed by atoms with Crippen molar-refractivity contribution < 1.29 is 0 Å². The molecule has 250 valence electrons. The summed E-state index contributed by atoms with van der Waals surface area (Å²) in [6.45, 7) is 6.38. The van der Waals surface area contributed by atoms with Crippen LogP contribution in [0.2, 0.25) is 0 Å². The van der Waals surface area contributed by atoms with Gasteiger partial charge in [-0.1, -0.05) is 118 Å². The maximum absolute atomic E-state index is 5.43. The Labute approximate surface area is 315 Å². The van der Waals surface area contributed by atoms with E-state index in [0.29, 0.717) is 0 Å². The summed E-state index contributed by atoms with van der Waals surface area (Å²) in [6.07, 6.45) is 8.67. The van der Waals surface area contributed by atoms with Gasteiger partial charge in [0.15, 0.2) is 0 Å². The molecule has 2 aliphatic rings. The summed E-state index contributed by atoms with van der Waals surface area (Å²) >= 11 is 5.44. The molecular formula is C47H34BrN3S. The van der Waals surface area contributed by atoms with Gasteiger partial charge in [0.1, 0.15) is 0 Å². The van der Waals surface area contributed by atoms with Crippen molar-refractivity contribution in [3.63, 3.8) is 0 Å². The van der Waals surface area contributed by atoms with E-state index in [1.807, 2.05) is 0 Å². The van der Waals surface area contributed by atoms with Crippen LogP contribution < -0.4 is 0 Å². The summed E-state index contributed by atoms with van der Waals surface area (Å²) < 4.78 is 3.35. The normalized spacial score (nSPS) is 12.1. The SMILES string of the molecule is Cc1ccc(-c2c3nc(c(-c4ccc(C)cc4)c4ccc(s4)c(-c4ccc(Br)cc4)c4nc(c(-c5ccc(C)cc5)c5ccc2[nH]5)C=C4)C=C3)cc1. The second-order valence-corrected chi connectivity index (χ2v) is 15.5. The van der Waals surface area contributed by atoms with E-state index in [9.17, 15) is 0 Å². The number of aromatic nitrogens is 3. The number of aromatic amines is 1. The van der Waals surface area contributed by atoms with Gasteiger partial charge in [-0.15, -0.1) is 11.3 Å². The predicted molar refractivity (Wildman–Crippen MR) is 226 cm³/mol. The van der Waals surface area contributed by atoms with Crippen LogP contribution in [0.3, 0.4) is 0 Å². The van der Waals surface area contributed by atoms with Gasteiger partial charge in [0.25, 0.3) is 0 Å². The van der Waals surface area contributed by atoms with E-state index in [0.717, 1.165) is 92.2 Å². The topological polar surface area (TPSA) is 41.6 Å². The number of fused-ring (bicyclic) bond motifs is 8. The van der Waals surface area contributed by atoms with Gasteiger partial charge in [0, 0.05) is 47.2 Å². The van der Waals surface area contributed by atoms with Crippen molar-refractivity contribution >= 4 is 72.0 Å². The monoisotopic (exact) mass is 751 g/mol. The van der Waals surface area contributed by atoms with Crippen LogP contribution in [0.4, 0.5) is 0 Å². The Hall–Kier alpha value is -5.62. The molecule has 52 heavy (non-hydrogen) atoms. The highest BCUT2D eigenvalue weighted by molar-refractivity contribution is 9.10. The van der Waals surface area contributed by atoms with E-state index >= 15 is 0 Å². The summed E-state index contributed by atoms with van der Waals surface area (Å²) in [5.74, 6) is 0. The molecule has 5 heterocycles. The van der Waals surface area contributed by atoms with Crippen molar-refractivity contribution in [1.29, 1.82) is 0 Å². The Morgan fingerprint density at radius 1 is 0.404 bits per heavy atom. The Balaban J connectivity index is 1.47. The second-order valence-electron chi connectivity index (χ2n) is 13.5. The van der Waals surface area contributed by atoms with Gasteiger partial charge in [0.2, 0.25) is 0 Å². The van der Waals surface area contributed by atoms with Crippen molar-refractivity contribution in [2.45, 2.75) is 20.8 Å². The number of halogens is 1. The molecule has 0 spiro atoms. The van der Waals surface area contributed by atoms with E-state index in [1.165, 1.54) is 16.7 Å². The van der Waals surface area contributed by atoms with E-state index < -0.39 is 0 Å². The summed E-state index contributed by atoms with van der Waals surface area (Å²) in [5, 5.41) is 0. The van der Waals surface area contributed by atoms with Crippen LogP contribution in [0.5, 0.6) is 0 Å². The quantitative estimate of drug-likeness (QED) is 0.194. The summed E-state index contributed by atoms with van der Waals surface area (Å²) in [6, 6.07) is 43.7. The first kappa shape index (κ1) is 32.3. The Kier molecular flexibility index (Phi) is 8.18. The number of rotatable bonds is 4. The number of hydrogen-bond donors (Lipinski definition) is 1. The third-order valence-electron chi connectivity index (χ3n) is 9.78. The zero-order chi connectivity index (χ0) is 35.3. The standard InChI is InChI=1S/C47H34BrN3S/c1-28-4-10-31(11-5-28)44-36-20-21-37(49-36)45(32-12-6-29(2)7-13-32)39-23-25-41(51-39)47(34-16-18-35(48)19-17-34)43-27-26-42(52-43)46(40-24-22-38(44)50-40)33-14-8-30(3)9-15-33/h4-27,49H,1-3H3. The van der Waals surface area contributed by atoms with Crippen LogP contribution in [0.1, 0.15) is 39.5 Å². The molecule has 0 aliphatic carbocycles. The molecule has 9 rings (SSSR count). The molecule has 0 radical (unpaired) electrons. The fourth-order valence-corrected chi connectivity index (χ4v) is 8.49. The van der Waals surface area contributed by atoms with Gasteiger partial charge < -0.3 is 4.98 Å². The van der Waals surface area contributed by atoms with Gasteiger partial charge in [-0.2, -0.15) is 0 Å². The molecule has 0 atom stereocenters. The number of H-pyrrole nitrogens is 1. The van der Waals surface area contributed by atoms with Crippen molar-refractivity contribution in [3.05, 3.63) is 165 Å². The zero-order valence-electron chi connectivity index (χ0n) is 29.0. The van der Waals surface area contributed by atoms with Crippen LogP contribution in [-0.4, -0.2) is 15.0 Å². The molecule has 7 aromatic rings. The summed E-state index contributed by atoms with van der Waals surface area (Å²) in [4.78, 5) is 14.7. The third kappa shape index (κ3) is 5.96. The second kappa shape index (κ2) is 13.2. The van der Waals surface area contributed by atoms with Gasteiger partial charge in [-0.25, -0.2) is 9.97 Å². The number of benzene rings is 4. The Morgan fingerprint density at radius 2 is 0.731 bits per heavy atom. The van der Waals surface area contributed by atoms with Crippen LogP contribution in [0, 0.1) is 20.8 Å². The molecular weight excluding hydrogens is 719 g/mol. The first-order valence-electron chi connectivity index (χ1n) is 17.4. The molecule has 3 nitrogen and oxygen atoms in total. The summed E-state index contributed by atoms with van der Waals surface area (Å²) in [7, 11) is 0. The van der Waals surface area contributed by atoms with Crippen molar-refractivity contribution in [2.75, 3.05) is 0 Å². The highest BCUT2D eigenvalue weighted by Crippen LogP contribution is 2.41. The zero-order valence-corrected chi connectivity index (χ0v) is 31.4. The van der Waals surface area contributed by atoms with Crippen molar-refractivity contribution in [2.24, 2.45) is 0 Å². The molecule has 0 amide bonds. The number of nitrogens with zero attached hydrogens (tertiary/aromatic N) is 2. The molecule has 0 saturated carbocycles. The van der Waals surface area contributed by atoms with Crippen LogP contribution in [0.25, 0.3) is 89.2 Å². The van der Waals surface area contributed by atoms with Gasteiger partial charge in [-0.3, -0.25) is 0 Å². The van der Waals surface area contributed by atoms with Crippen LogP contribution >= 0.6 is 27.3 Å². The number of thiophene rings is 1. The van der Waals surface area contributed by atoms with Gasteiger partial charge >= 0.3 is 0 Å². The Bertz CT molecular complexity index is 2360. The first-order chi connectivity index (χ1) is 25.4. The average molecular weight is 753 g/mol. The molecule has 4 aromatic carbocycles. The fourth-order valence-electron chi connectivity index (χ4n) is 7.07. The lowest BCUT2D eigenvalue weighted by Gasteiger charge is -2.07. The van der Waals surface area contributed by atoms with Crippen LogP contribution in [0.15, 0.2) is 126 Å². The van der Waals surface area contributed by atoms with Gasteiger partial charge in [-0.05, 0) is 104 Å². The van der Waals surface area contributed by atoms with E-state index in [1.54, 1.807) is 11.3 Å². The third-order valence-corrected chi connectivity index (χ3v) is 11.4. The molecule has 8 bridgehead atoms. The van der Waals surface area contributed by atoms with Crippen molar-refractivity contribution in [1.82, 2.24) is 15.0 Å². The van der Waals surface area contributed by atoms with E-state index in [4.69, 9.17) is 9.97 Å². The molecule has 0 fully saturated rings. The molecule has 2 aliphatic heterocycles. The maximum atomic E-state index is 5.43. The number of hydrogen-bond acceptors (Lipinski definition) is 3. The summed E-state index contributed by atoms with van der Waals surface area (Å²) in [5.41, 5.74) is 18.2. The predicted octanol–water partition coefficient (Wildman–Crippen LogP) is 13.7. The Morgan fingerprint density at radius 3 is 1.12 bits per heavy atom. The minimum Gasteiger partial charge on any atom is -0.354 e. The highest BCUT2D eigenvalue weighted by Gasteiger charge is 2.19. The van der Waals surface area contributed by atoms with E-state index in [-0.39, 0.29) is 0 Å². The molecule has 1 N–H and O–H groups in total.